The Morgan fingerprint density at radius 1 is 0.905 bits per heavy atom. The standard InChI is InChI=1S/C50H53N5O7Si/c1-32-47(63(4,5)37-23-21-36(60-2)22-24-37)44(26-28-53-30-41(51-52-53)39(31-56)33-13-7-6-8-14-33)62-50(32)40-29-35(20-25-42(40)54(49(50)59)27-10-9-19-45(57)61-3)55-43-18-12-16-34-15-11-17-38(46(34)43)48(55)58/h6-8,11-18,20-25,29-30,32,39,44,47,56H,9-10,19,26-28,31H2,1-5H3/t32-,39?,44+,47-,50+/m1/s1. The third kappa shape index (κ3) is 7.12. The summed E-state index contributed by atoms with van der Waals surface area (Å²) >= 11 is 0. The fourth-order valence-corrected chi connectivity index (χ4v) is 14.7. The molecule has 4 heterocycles. The van der Waals surface area contributed by atoms with Gasteiger partial charge in [0.05, 0.1) is 63.6 Å². The van der Waals surface area contributed by atoms with Gasteiger partial charge in [-0.1, -0.05) is 97.1 Å². The van der Waals surface area contributed by atoms with Gasteiger partial charge in [-0.2, -0.15) is 0 Å². The summed E-state index contributed by atoms with van der Waals surface area (Å²) in [5.41, 5.74) is 3.81. The summed E-state index contributed by atoms with van der Waals surface area (Å²) < 4.78 is 19.8. The van der Waals surface area contributed by atoms with E-state index in [-0.39, 0.29) is 54.3 Å². The van der Waals surface area contributed by atoms with Crippen molar-refractivity contribution in [2.24, 2.45) is 5.92 Å². The van der Waals surface area contributed by atoms with Gasteiger partial charge >= 0.3 is 5.97 Å². The van der Waals surface area contributed by atoms with E-state index >= 15 is 4.79 Å². The molecule has 6 aromatic rings. The van der Waals surface area contributed by atoms with E-state index in [1.807, 2.05) is 113 Å². The van der Waals surface area contributed by atoms with E-state index in [2.05, 4.69) is 42.5 Å². The van der Waals surface area contributed by atoms with Crippen LogP contribution in [0, 0.1) is 5.92 Å². The van der Waals surface area contributed by atoms with Crippen molar-refractivity contribution < 1.29 is 33.7 Å². The second-order valence-corrected chi connectivity index (χ2v) is 22.2. The molecule has 324 valence electrons. The summed E-state index contributed by atoms with van der Waals surface area (Å²) in [4.78, 5) is 45.5. The Hall–Kier alpha value is -6.15. The lowest BCUT2D eigenvalue weighted by Gasteiger charge is -2.37. The summed E-state index contributed by atoms with van der Waals surface area (Å²) in [5.74, 6) is -0.371. The van der Waals surface area contributed by atoms with Crippen LogP contribution in [0.2, 0.25) is 18.6 Å². The third-order valence-electron chi connectivity index (χ3n) is 13.8. The van der Waals surface area contributed by atoms with Crippen LogP contribution in [0.15, 0.2) is 115 Å². The lowest BCUT2D eigenvalue weighted by atomic mass is 9.82. The SMILES string of the molecule is COC(=O)CCCCN1C(=O)[C@@]2(O[C@@H](CCn3cc(C(CO)c4ccccc4)nn3)[C@H]([Si](C)(C)c3ccc(OC)cc3)[C@H]2C)c2cc(N3C(=O)c4cccc5cccc3c45)ccc21. The number of aliphatic hydroxyl groups is 1. The normalized spacial score (nSPS) is 20.8. The second kappa shape index (κ2) is 16.9. The average molecular weight is 864 g/mol. The number of nitrogens with zero attached hydrogens (tertiary/aromatic N) is 5. The first-order chi connectivity index (χ1) is 30.5. The van der Waals surface area contributed by atoms with Crippen LogP contribution in [0.5, 0.6) is 5.75 Å². The number of anilines is 3. The largest absolute Gasteiger partial charge is 0.497 e. The minimum Gasteiger partial charge on any atom is -0.497 e. The van der Waals surface area contributed by atoms with Gasteiger partial charge in [0.2, 0.25) is 0 Å². The maximum Gasteiger partial charge on any atom is 0.305 e. The van der Waals surface area contributed by atoms with Gasteiger partial charge < -0.3 is 24.2 Å². The Bertz CT molecular complexity index is 2680. The number of carbonyl (C=O) groups is 3. The van der Waals surface area contributed by atoms with E-state index in [4.69, 9.17) is 14.2 Å². The molecule has 1 saturated heterocycles. The van der Waals surface area contributed by atoms with Crippen molar-refractivity contribution in [2.75, 3.05) is 37.2 Å². The third-order valence-corrected chi connectivity index (χ3v) is 18.2. The molecule has 1 aromatic heterocycles. The zero-order valence-electron chi connectivity index (χ0n) is 36.4. The van der Waals surface area contributed by atoms with Gasteiger partial charge in [-0.05, 0) is 78.2 Å². The monoisotopic (exact) mass is 863 g/mol. The molecule has 12 nitrogen and oxygen atoms in total. The average Bonchev–Trinajstić information content (AvgIpc) is 4.04. The summed E-state index contributed by atoms with van der Waals surface area (Å²) in [6, 6.07) is 35.7. The van der Waals surface area contributed by atoms with Crippen LogP contribution in [0.1, 0.15) is 65.7 Å². The van der Waals surface area contributed by atoms with Crippen molar-refractivity contribution in [1.29, 1.82) is 0 Å². The van der Waals surface area contributed by atoms with Crippen molar-refractivity contribution >= 4 is 58.9 Å². The predicted molar refractivity (Wildman–Crippen MR) is 245 cm³/mol. The molecule has 1 spiro atoms. The van der Waals surface area contributed by atoms with E-state index in [0.29, 0.717) is 49.3 Å². The molecule has 63 heavy (non-hydrogen) atoms. The molecule has 0 radical (unpaired) electrons. The number of aryl methyl sites for hydroxylation is 1. The molecule has 5 atom stereocenters. The number of hydrogen-bond donors (Lipinski definition) is 1. The first-order valence-corrected chi connectivity index (χ1v) is 24.9. The Morgan fingerprint density at radius 2 is 1.67 bits per heavy atom. The van der Waals surface area contributed by atoms with Crippen LogP contribution in [-0.4, -0.2) is 79.4 Å². The highest BCUT2D eigenvalue weighted by atomic mass is 28.3. The summed E-state index contributed by atoms with van der Waals surface area (Å²) in [5, 5.41) is 22.5. The Kier molecular flexibility index (Phi) is 11.3. The Balaban J connectivity index is 1.12. The smallest absolute Gasteiger partial charge is 0.305 e. The minimum absolute atomic E-state index is 0.0467. The van der Waals surface area contributed by atoms with Crippen molar-refractivity contribution in [3.63, 3.8) is 0 Å². The quantitative estimate of drug-likeness (QED) is 0.0622. The highest BCUT2D eigenvalue weighted by Gasteiger charge is 2.66. The van der Waals surface area contributed by atoms with Crippen LogP contribution >= 0.6 is 0 Å². The van der Waals surface area contributed by atoms with E-state index < -0.39 is 13.7 Å². The maximum absolute atomic E-state index is 15.5. The number of methoxy groups -OCH3 is 2. The van der Waals surface area contributed by atoms with Crippen LogP contribution in [0.3, 0.4) is 0 Å². The maximum atomic E-state index is 15.5. The molecule has 3 aliphatic rings. The van der Waals surface area contributed by atoms with Crippen molar-refractivity contribution in [2.45, 2.75) is 75.4 Å². The second-order valence-electron chi connectivity index (χ2n) is 17.5. The molecular formula is C50H53N5O7Si. The number of benzene rings is 5. The molecule has 9 rings (SSSR count). The fraction of sp³-hybridized carbons (Fsp3) is 0.340. The molecule has 0 aliphatic carbocycles. The summed E-state index contributed by atoms with van der Waals surface area (Å²) in [7, 11) is 0.552. The molecule has 1 N–H and O–H groups in total. The predicted octanol–water partition coefficient (Wildman–Crippen LogP) is 7.85. The van der Waals surface area contributed by atoms with Crippen LogP contribution in [0.4, 0.5) is 17.1 Å². The highest BCUT2D eigenvalue weighted by Crippen LogP contribution is 2.61. The number of amides is 2. The van der Waals surface area contributed by atoms with Gasteiger partial charge in [0.1, 0.15) is 5.75 Å². The molecule has 1 unspecified atom stereocenters. The first-order valence-electron chi connectivity index (χ1n) is 21.8. The molecule has 5 aromatic carbocycles. The molecule has 13 heteroatoms. The molecule has 3 aliphatic heterocycles. The number of unbranched alkanes of at least 4 members (excludes halogenated alkanes) is 1. The fourth-order valence-electron chi connectivity index (χ4n) is 10.6. The van der Waals surface area contributed by atoms with Gasteiger partial charge in [0.15, 0.2) is 5.60 Å². The van der Waals surface area contributed by atoms with Gasteiger partial charge in [-0.3, -0.25) is 24.0 Å². The van der Waals surface area contributed by atoms with E-state index in [1.165, 1.54) is 12.3 Å². The first kappa shape index (κ1) is 42.2. The van der Waals surface area contributed by atoms with Gasteiger partial charge in [-0.15, -0.1) is 5.10 Å². The van der Waals surface area contributed by atoms with Gasteiger partial charge in [-0.25, -0.2) is 0 Å². The number of carbonyl (C=O) groups excluding carboxylic acids is 3. The van der Waals surface area contributed by atoms with Crippen molar-refractivity contribution in [3.05, 3.63) is 138 Å². The zero-order valence-corrected chi connectivity index (χ0v) is 37.4. The molecule has 0 bridgehead atoms. The number of aliphatic hydroxyl groups excluding tert-OH is 1. The molecule has 2 amide bonds. The Labute approximate surface area is 368 Å². The molecule has 1 fully saturated rings. The van der Waals surface area contributed by atoms with Crippen LogP contribution in [-0.2, 0) is 31.2 Å². The summed E-state index contributed by atoms with van der Waals surface area (Å²) in [6.45, 7) is 7.62. The lowest BCUT2D eigenvalue weighted by Crippen LogP contribution is -2.52. The number of ether oxygens (including phenoxy) is 3. The number of rotatable bonds is 15. The molecule has 0 saturated carbocycles. The van der Waals surface area contributed by atoms with Crippen LogP contribution in [0.25, 0.3) is 10.8 Å². The minimum atomic E-state index is -2.49. The number of fused-ring (bicyclic) bond motifs is 2. The van der Waals surface area contributed by atoms with E-state index in [0.717, 1.165) is 39.0 Å². The molecular weight excluding hydrogens is 811 g/mol. The van der Waals surface area contributed by atoms with E-state index in [1.54, 1.807) is 12.0 Å². The van der Waals surface area contributed by atoms with Gasteiger partial charge in [0.25, 0.3) is 11.8 Å². The number of esters is 1. The van der Waals surface area contributed by atoms with E-state index in [9.17, 15) is 14.7 Å². The van der Waals surface area contributed by atoms with Crippen molar-refractivity contribution in [3.8, 4) is 5.75 Å². The van der Waals surface area contributed by atoms with Gasteiger partial charge in [0, 0.05) is 48.3 Å². The van der Waals surface area contributed by atoms with Crippen LogP contribution < -0.4 is 19.7 Å². The Morgan fingerprint density at radius 3 is 2.40 bits per heavy atom. The number of aromatic nitrogens is 3. The summed E-state index contributed by atoms with van der Waals surface area (Å²) in [6.07, 6.45) is 3.47. The zero-order chi connectivity index (χ0) is 44.0. The topological polar surface area (TPSA) is 136 Å². The number of hydrogen-bond acceptors (Lipinski definition) is 9. The van der Waals surface area contributed by atoms with Crippen molar-refractivity contribution in [1.82, 2.24) is 15.0 Å². The highest BCUT2D eigenvalue weighted by molar-refractivity contribution is 6.91. The lowest BCUT2D eigenvalue weighted by molar-refractivity contribution is -0.146.